The Kier molecular flexibility index (Phi) is 6.65. The van der Waals surface area contributed by atoms with E-state index in [4.69, 9.17) is 0 Å². The van der Waals surface area contributed by atoms with Crippen LogP contribution in [0.5, 0.6) is 0 Å². The number of nitrogens with zero attached hydrogens (tertiary/aromatic N) is 2. The molecule has 1 saturated heterocycles. The van der Waals surface area contributed by atoms with Gasteiger partial charge in [-0.1, -0.05) is 13.8 Å². The maximum atomic E-state index is 12.1. The summed E-state index contributed by atoms with van der Waals surface area (Å²) in [7, 11) is 0. The van der Waals surface area contributed by atoms with Gasteiger partial charge in [-0.05, 0) is 46.1 Å². The molecule has 1 aliphatic rings. The van der Waals surface area contributed by atoms with Crippen molar-refractivity contribution >= 4 is 11.8 Å². The van der Waals surface area contributed by atoms with E-state index in [2.05, 4.69) is 39.9 Å². The molecule has 0 aromatic carbocycles. The van der Waals surface area contributed by atoms with Gasteiger partial charge in [0.1, 0.15) is 0 Å². The SMILES string of the molecule is CC(C)CCN1CC(=O)N(CCCNC(C)(C)C)CC1=O. The minimum Gasteiger partial charge on any atom is -0.332 e. The Morgan fingerprint density at radius 2 is 1.57 bits per heavy atom. The summed E-state index contributed by atoms with van der Waals surface area (Å²) in [5.74, 6) is 0.711. The molecule has 1 fully saturated rings. The van der Waals surface area contributed by atoms with E-state index in [1.807, 2.05) is 0 Å². The minimum absolute atomic E-state index is 0.0779. The van der Waals surface area contributed by atoms with Crippen molar-refractivity contribution in [2.24, 2.45) is 5.92 Å². The van der Waals surface area contributed by atoms with Crippen molar-refractivity contribution in [3.05, 3.63) is 0 Å². The lowest BCUT2D eigenvalue weighted by Crippen LogP contribution is -2.54. The van der Waals surface area contributed by atoms with Crippen molar-refractivity contribution in [2.45, 2.75) is 53.0 Å². The summed E-state index contributed by atoms with van der Waals surface area (Å²) in [6.45, 7) is 13.3. The molecular formula is C16H31N3O2. The van der Waals surface area contributed by atoms with E-state index in [1.165, 1.54) is 0 Å². The Morgan fingerprint density at radius 1 is 1.05 bits per heavy atom. The molecular weight excluding hydrogens is 266 g/mol. The lowest BCUT2D eigenvalue weighted by atomic mass is 10.1. The molecule has 0 unspecified atom stereocenters. The molecule has 1 N–H and O–H groups in total. The Bertz CT molecular complexity index is 361. The molecule has 0 bridgehead atoms. The number of rotatable bonds is 7. The van der Waals surface area contributed by atoms with Crippen LogP contribution in [0.4, 0.5) is 0 Å². The van der Waals surface area contributed by atoms with Crippen LogP contribution in [0.3, 0.4) is 0 Å². The summed E-state index contributed by atoms with van der Waals surface area (Å²) in [6, 6.07) is 0. The van der Waals surface area contributed by atoms with Gasteiger partial charge in [-0.15, -0.1) is 0 Å². The Balaban J connectivity index is 2.33. The second-order valence-electron chi connectivity index (χ2n) is 7.34. The normalized spacial score (nSPS) is 17.0. The van der Waals surface area contributed by atoms with Gasteiger partial charge in [0.05, 0.1) is 13.1 Å². The molecule has 5 nitrogen and oxygen atoms in total. The van der Waals surface area contributed by atoms with Crippen LogP contribution in [0.1, 0.15) is 47.5 Å². The number of hydrogen-bond donors (Lipinski definition) is 1. The molecule has 5 heteroatoms. The first-order valence-electron chi connectivity index (χ1n) is 7.99. The molecule has 1 aliphatic heterocycles. The summed E-state index contributed by atoms with van der Waals surface area (Å²) >= 11 is 0. The van der Waals surface area contributed by atoms with E-state index in [1.54, 1.807) is 9.80 Å². The summed E-state index contributed by atoms with van der Waals surface area (Å²) in [5, 5.41) is 3.40. The maximum Gasteiger partial charge on any atom is 0.242 e. The lowest BCUT2D eigenvalue weighted by molar-refractivity contribution is -0.150. The molecule has 0 atom stereocenters. The number of carbonyl (C=O) groups is 2. The van der Waals surface area contributed by atoms with Crippen LogP contribution in [-0.2, 0) is 9.59 Å². The summed E-state index contributed by atoms with van der Waals surface area (Å²) in [4.78, 5) is 27.6. The third-order valence-electron chi connectivity index (χ3n) is 3.59. The van der Waals surface area contributed by atoms with Crippen LogP contribution in [-0.4, -0.2) is 59.9 Å². The molecule has 0 aromatic heterocycles. The first kappa shape index (κ1) is 18.0. The highest BCUT2D eigenvalue weighted by Gasteiger charge is 2.29. The zero-order chi connectivity index (χ0) is 16.0. The second kappa shape index (κ2) is 7.78. The largest absolute Gasteiger partial charge is 0.332 e. The first-order chi connectivity index (χ1) is 9.69. The van der Waals surface area contributed by atoms with Crippen LogP contribution in [0.15, 0.2) is 0 Å². The molecule has 1 rings (SSSR count). The van der Waals surface area contributed by atoms with Crippen molar-refractivity contribution in [2.75, 3.05) is 32.7 Å². The standard InChI is InChI=1S/C16H31N3O2/c1-13(2)7-10-19-12-14(20)18(11-15(19)21)9-6-8-17-16(3,4)5/h13,17H,6-12H2,1-5H3. The predicted molar refractivity (Wildman–Crippen MR) is 85.0 cm³/mol. The van der Waals surface area contributed by atoms with Gasteiger partial charge in [-0.25, -0.2) is 0 Å². The van der Waals surface area contributed by atoms with Gasteiger partial charge in [0.15, 0.2) is 0 Å². The van der Waals surface area contributed by atoms with E-state index in [9.17, 15) is 9.59 Å². The molecule has 1 heterocycles. The molecule has 0 aliphatic carbocycles. The molecule has 0 saturated carbocycles. The van der Waals surface area contributed by atoms with Gasteiger partial charge in [0.25, 0.3) is 0 Å². The number of hydrogen-bond acceptors (Lipinski definition) is 3. The van der Waals surface area contributed by atoms with Crippen LogP contribution in [0.2, 0.25) is 0 Å². The number of piperazine rings is 1. The fourth-order valence-corrected chi connectivity index (χ4v) is 2.26. The van der Waals surface area contributed by atoms with Crippen molar-refractivity contribution < 1.29 is 9.59 Å². The monoisotopic (exact) mass is 297 g/mol. The molecule has 122 valence electrons. The lowest BCUT2D eigenvalue weighted by Gasteiger charge is -2.34. The highest BCUT2D eigenvalue weighted by atomic mass is 16.2. The fourth-order valence-electron chi connectivity index (χ4n) is 2.26. The molecule has 0 spiro atoms. The van der Waals surface area contributed by atoms with Crippen molar-refractivity contribution in [3.8, 4) is 0 Å². The summed E-state index contributed by atoms with van der Waals surface area (Å²) < 4.78 is 0. The third-order valence-corrected chi connectivity index (χ3v) is 3.59. The number of amides is 2. The van der Waals surface area contributed by atoms with Crippen LogP contribution < -0.4 is 5.32 Å². The predicted octanol–water partition coefficient (Wildman–Crippen LogP) is 1.48. The highest BCUT2D eigenvalue weighted by Crippen LogP contribution is 2.09. The third kappa shape index (κ3) is 6.93. The first-order valence-corrected chi connectivity index (χ1v) is 7.99. The fraction of sp³-hybridized carbons (Fsp3) is 0.875. The summed E-state index contributed by atoms with van der Waals surface area (Å²) in [5.41, 5.74) is 0.0926. The van der Waals surface area contributed by atoms with Crippen LogP contribution in [0, 0.1) is 5.92 Å². The van der Waals surface area contributed by atoms with Crippen molar-refractivity contribution in [1.82, 2.24) is 15.1 Å². The minimum atomic E-state index is 0.0779. The number of nitrogens with one attached hydrogen (secondary N) is 1. The van der Waals surface area contributed by atoms with Gasteiger partial charge in [-0.3, -0.25) is 9.59 Å². The topological polar surface area (TPSA) is 52.7 Å². The van der Waals surface area contributed by atoms with E-state index in [0.29, 0.717) is 19.0 Å². The average Bonchev–Trinajstić information content (AvgIpc) is 2.35. The van der Waals surface area contributed by atoms with Crippen molar-refractivity contribution in [3.63, 3.8) is 0 Å². The van der Waals surface area contributed by atoms with Crippen LogP contribution in [0.25, 0.3) is 0 Å². The average molecular weight is 297 g/mol. The van der Waals surface area contributed by atoms with Gasteiger partial charge in [0, 0.05) is 18.6 Å². The number of carbonyl (C=O) groups excluding carboxylic acids is 2. The zero-order valence-corrected chi connectivity index (χ0v) is 14.2. The molecule has 2 amide bonds. The summed E-state index contributed by atoms with van der Waals surface area (Å²) in [6.07, 6.45) is 1.83. The van der Waals surface area contributed by atoms with E-state index >= 15 is 0 Å². The van der Waals surface area contributed by atoms with Crippen molar-refractivity contribution in [1.29, 1.82) is 0 Å². The smallest absolute Gasteiger partial charge is 0.242 e. The quantitative estimate of drug-likeness (QED) is 0.724. The molecule has 21 heavy (non-hydrogen) atoms. The maximum absolute atomic E-state index is 12.1. The van der Waals surface area contributed by atoms with Gasteiger partial charge in [-0.2, -0.15) is 0 Å². The molecule has 0 aromatic rings. The highest BCUT2D eigenvalue weighted by molar-refractivity contribution is 5.92. The van der Waals surface area contributed by atoms with Crippen LogP contribution >= 0.6 is 0 Å². The van der Waals surface area contributed by atoms with Gasteiger partial charge >= 0.3 is 0 Å². The Morgan fingerprint density at radius 3 is 2.05 bits per heavy atom. The van der Waals surface area contributed by atoms with Gasteiger partial charge < -0.3 is 15.1 Å². The van der Waals surface area contributed by atoms with E-state index < -0.39 is 0 Å². The molecule has 0 radical (unpaired) electrons. The van der Waals surface area contributed by atoms with E-state index in [0.717, 1.165) is 19.4 Å². The van der Waals surface area contributed by atoms with E-state index in [-0.39, 0.29) is 30.4 Å². The Labute approximate surface area is 129 Å². The Hall–Kier alpha value is -1.10. The van der Waals surface area contributed by atoms with Gasteiger partial charge in [0.2, 0.25) is 11.8 Å². The zero-order valence-electron chi connectivity index (χ0n) is 14.2. The second-order valence-corrected chi connectivity index (χ2v) is 7.34.